The van der Waals surface area contributed by atoms with Gasteiger partial charge in [-0.05, 0) is 54.1 Å². The third-order valence-corrected chi connectivity index (χ3v) is 6.34. The second kappa shape index (κ2) is 11.0. The second-order valence-electron chi connectivity index (χ2n) is 7.63. The molecule has 12 heteroatoms. The van der Waals surface area contributed by atoms with Crippen LogP contribution in [0.15, 0.2) is 71.6 Å². The van der Waals surface area contributed by atoms with Crippen LogP contribution in [-0.4, -0.2) is 41.1 Å². The van der Waals surface area contributed by atoms with E-state index in [2.05, 4.69) is 14.8 Å². The Morgan fingerprint density at radius 2 is 1.69 bits per heavy atom. The summed E-state index contributed by atoms with van der Waals surface area (Å²) >= 11 is 0. The van der Waals surface area contributed by atoms with Crippen molar-refractivity contribution < 1.29 is 40.5 Å². The molecule has 0 unspecified atom stereocenters. The van der Waals surface area contributed by atoms with Gasteiger partial charge in [-0.3, -0.25) is 4.72 Å². The quantitative estimate of drug-likeness (QED) is 0.382. The van der Waals surface area contributed by atoms with Crippen LogP contribution < -0.4 is 29.0 Å². The van der Waals surface area contributed by atoms with E-state index in [1.807, 2.05) is 18.2 Å². The van der Waals surface area contributed by atoms with E-state index < -0.39 is 22.1 Å². The van der Waals surface area contributed by atoms with E-state index >= 15 is 0 Å². The number of rotatable bonds is 10. The van der Waals surface area contributed by atoms with E-state index in [4.69, 9.17) is 14.2 Å². The number of fused-ring (bicyclic) bond motifs is 1. The topological polar surface area (TPSA) is 95.1 Å². The molecule has 4 rings (SSSR count). The first-order valence-corrected chi connectivity index (χ1v) is 12.4. The number of halogens is 3. The van der Waals surface area contributed by atoms with Gasteiger partial charge in [-0.15, -0.1) is 13.2 Å². The molecule has 1 heterocycles. The van der Waals surface area contributed by atoms with Gasteiger partial charge in [-0.2, -0.15) is 0 Å². The zero-order valence-corrected chi connectivity index (χ0v) is 19.7. The molecule has 1 aliphatic heterocycles. The first-order valence-electron chi connectivity index (χ1n) is 10.9. The number of benzene rings is 3. The van der Waals surface area contributed by atoms with Gasteiger partial charge in [0.25, 0.3) is 10.0 Å². The Labute approximate surface area is 206 Å². The van der Waals surface area contributed by atoms with Crippen LogP contribution in [0.5, 0.6) is 23.0 Å². The minimum atomic E-state index is -4.86. The third-order valence-electron chi connectivity index (χ3n) is 4.94. The van der Waals surface area contributed by atoms with Crippen molar-refractivity contribution in [2.75, 3.05) is 31.1 Å². The van der Waals surface area contributed by atoms with E-state index in [1.54, 1.807) is 24.3 Å². The largest absolute Gasteiger partial charge is 0.573 e. The molecule has 0 radical (unpaired) electrons. The van der Waals surface area contributed by atoms with Crippen LogP contribution in [0.2, 0.25) is 0 Å². The summed E-state index contributed by atoms with van der Waals surface area (Å²) in [5.41, 5.74) is 1.13. The second-order valence-corrected chi connectivity index (χ2v) is 9.31. The summed E-state index contributed by atoms with van der Waals surface area (Å²) in [5, 5.41) is 3.22. The van der Waals surface area contributed by atoms with Gasteiger partial charge in [-0.1, -0.05) is 18.2 Å². The van der Waals surface area contributed by atoms with Crippen LogP contribution in [0.25, 0.3) is 0 Å². The summed E-state index contributed by atoms with van der Waals surface area (Å²) in [6.07, 6.45) is -4.86. The molecule has 0 saturated carbocycles. The lowest BCUT2D eigenvalue weighted by Crippen LogP contribution is -2.21. The minimum Gasteiger partial charge on any atom is -0.488 e. The number of ether oxygens (including phenoxy) is 4. The lowest BCUT2D eigenvalue weighted by Gasteiger charge is -2.20. The van der Waals surface area contributed by atoms with Crippen LogP contribution in [0.1, 0.15) is 5.56 Å². The Morgan fingerprint density at radius 1 is 0.944 bits per heavy atom. The summed E-state index contributed by atoms with van der Waals surface area (Å²) in [6.45, 7) is 2.31. The van der Waals surface area contributed by atoms with Gasteiger partial charge in [0.2, 0.25) is 5.75 Å². The van der Waals surface area contributed by atoms with Crippen LogP contribution in [0, 0.1) is 0 Å². The molecule has 8 nitrogen and oxygen atoms in total. The van der Waals surface area contributed by atoms with E-state index in [0.717, 1.165) is 29.8 Å². The summed E-state index contributed by atoms with van der Waals surface area (Å²) < 4.78 is 85.3. The number of para-hydroxylation sites is 1. The lowest BCUT2D eigenvalue weighted by atomic mass is 10.2. The average Bonchev–Trinajstić information content (AvgIpc) is 2.83. The molecule has 0 spiro atoms. The van der Waals surface area contributed by atoms with E-state index in [-0.39, 0.29) is 4.90 Å². The van der Waals surface area contributed by atoms with Crippen molar-refractivity contribution in [2.24, 2.45) is 0 Å². The lowest BCUT2D eigenvalue weighted by molar-refractivity contribution is -0.274. The normalized spacial score (nSPS) is 13.2. The molecule has 3 aromatic rings. The van der Waals surface area contributed by atoms with Gasteiger partial charge in [-0.25, -0.2) is 8.42 Å². The maximum absolute atomic E-state index is 12.6. The number of hydrogen-bond donors (Lipinski definition) is 2. The highest BCUT2D eigenvalue weighted by Gasteiger charge is 2.31. The van der Waals surface area contributed by atoms with Crippen LogP contribution >= 0.6 is 0 Å². The predicted molar refractivity (Wildman–Crippen MR) is 125 cm³/mol. The smallest absolute Gasteiger partial charge is 0.488 e. The van der Waals surface area contributed by atoms with E-state index in [9.17, 15) is 21.6 Å². The summed E-state index contributed by atoms with van der Waals surface area (Å²) in [6, 6.07) is 16.2. The Hall–Kier alpha value is -3.64. The molecular weight excluding hydrogens is 501 g/mol. The van der Waals surface area contributed by atoms with Crippen molar-refractivity contribution in [3.8, 4) is 23.0 Å². The van der Waals surface area contributed by atoms with Crippen LogP contribution in [0.3, 0.4) is 0 Å². The zero-order valence-electron chi connectivity index (χ0n) is 18.9. The number of sulfonamides is 1. The van der Waals surface area contributed by atoms with Gasteiger partial charge in [0.1, 0.15) is 25.6 Å². The molecule has 0 amide bonds. The summed E-state index contributed by atoms with van der Waals surface area (Å²) in [4.78, 5) is -0.199. The molecule has 0 saturated heterocycles. The molecule has 0 fully saturated rings. The molecule has 1 aliphatic rings. The van der Waals surface area contributed by atoms with Gasteiger partial charge in [0.15, 0.2) is 11.5 Å². The van der Waals surface area contributed by atoms with Gasteiger partial charge in [0.05, 0.1) is 4.90 Å². The van der Waals surface area contributed by atoms with E-state index in [0.29, 0.717) is 55.8 Å². The molecule has 0 atom stereocenters. The standard InChI is InChI=1S/C24H23F3N2O6S/c25-24(26,27)35-19-7-9-20(10-8-19)36(30,31)29-18-4-1-3-17(15-18)16-28-11-12-32-21-5-2-6-22-23(21)34-14-13-33-22/h1-10,15,28-29H,11-14,16H2. The van der Waals surface area contributed by atoms with Crippen molar-refractivity contribution in [2.45, 2.75) is 17.8 Å². The monoisotopic (exact) mass is 524 g/mol. The van der Waals surface area contributed by atoms with Crippen molar-refractivity contribution >= 4 is 15.7 Å². The maximum atomic E-state index is 12.6. The van der Waals surface area contributed by atoms with Gasteiger partial charge >= 0.3 is 6.36 Å². The molecule has 3 aromatic carbocycles. The molecule has 2 N–H and O–H groups in total. The molecule has 0 aromatic heterocycles. The maximum Gasteiger partial charge on any atom is 0.573 e. The fourth-order valence-electron chi connectivity index (χ4n) is 3.41. The average molecular weight is 525 g/mol. The number of hydrogen-bond acceptors (Lipinski definition) is 7. The van der Waals surface area contributed by atoms with Crippen molar-refractivity contribution in [1.29, 1.82) is 0 Å². The van der Waals surface area contributed by atoms with Crippen LogP contribution in [0.4, 0.5) is 18.9 Å². The van der Waals surface area contributed by atoms with Crippen molar-refractivity contribution in [3.63, 3.8) is 0 Å². The van der Waals surface area contributed by atoms with Gasteiger partial charge in [0, 0.05) is 18.8 Å². The number of nitrogens with one attached hydrogen (secondary N) is 2. The first-order chi connectivity index (χ1) is 17.2. The Balaban J connectivity index is 1.28. The number of anilines is 1. The highest BCUT2D eigenvalue weighted by Crippen LogP contribution is 2.38. The zero-order chi connectivity index (χ0) is 25.6. The highest BCUT2D eigenvalue weighted by molar-refractivity contribution is 7.92. The predicted octanol–water partition coefficient (Wildman–Crippen LogP) is 4.33. The van der Waals surface area contributed by atoms with Crippen LogP contribution in [-0.2, 0) is 16.6 Å². The molecular formula is C24H23F3N2O6S. The first kappa shape index (κ1) is 25.5. The molecule has 192 valence electrons. The fourth-order valence-corrected chi connectivity index (χ4v) is 4.46. The summed E-state index contributed by atoms with van der Waals surface area (Å²) in [7, 11) is -4.01. The molecule has 0 aliphatic carbocycles. The summed E-state index contributed by atoms with van der Waals surface area (Å²) in [5.74, 6) is 1.33. The third kappa shape index (κ3) is 6.95. The Morgan fingerprint density at radius 3 is 2.47 bits per heavy atom. The number of alkyl halides is 3. The highest BCUT2D eigenvalue weighted by atomic mass is 32.2. The van der Waals surface area contributed by atoms with Crippen molar-refractivity contribution in [1.82, 2.24) is 5.32 Å². The molecule has 36 heavy (non-hydrogen) atoms. The Kier molecular flexibility index (Phi) is 7.75. The SMILES string of the molecule is O=S(=O)(Nc1cccc(CNCCOc2cccc3c2OCCO3)c1)c1ccc(OC(F)(F)F)cc1. The minimum absolute atomic E-state index is 0.199. The fraction of sp³-hybridized carbons (Fsp3) is 0.250. The molecule has 0 bridgehead atoms. The van der Waals surface area contributed by atoms with Crippen molar-refractivity contribution in [3.05, 3.63) is 72.3 Å². The van der Waals surface area contributed by atoms with Gasteiger partial charge < -0.3 is 24.3 Å². The van der Waals surface area contributed by atoms with E-state index in [1.165, 1.54) is 0 Å². The Bertz CT molecular complexity index is 1280.